The van der Waals surface area contributed by atoms with Gasteiger partial charge in [0, 0.05) is 18.1 Å². The maximum atomic E-state index is 4.44. The van der Waals surface area contributed by atoms with E-state index in [1.807, 2.05) is 41.2 Å². The summed E-state index contributed by atoms with van der Waals surface area (Å²) < 4.78 is 2.05. The van der Waals surface area contributed by atoms with E-state index in [9.17, 15) is 0 Å². The number of aromatic nitrogens is 4. The van der Waals surface area contributed by atoms with Crippen LogP contribution in [0.2, 0.25) is 0 Å². The molecule has 0 aliphatic heterocycles. The van der Waals surface area contributed by atoms with Gasteiger partial charge in [-0.3, -0.25) is 14.5 Å². The van der Waals surface area contributed by atoms with Crippen LogP contribution in [0.4, 0.5) is 0 Å². The summed E-state index contributed by atoms with van der Waals surface area (Å²) in [5, 5.41) is 0. The van der Waals surface area contributed by atoms with Crippen molar-refractivity contribution in [1.82, 2.24) is 19.5 Å². The van der Waals surface area contributed by atoms with Crippen LogP contribution in [-0.4, -0.2) is 19.5 Å². The molecule has 0 bridgehead atoms. The lowest BCUT2D eigenvalue weighted by Gasteiger charge is -2.05. The van der Waals surface area contributed by atoms with Crippen LogP contribution in [0.5, 0.6) is 0 Å². The highest BCUT2D eigenvalue weighted by Gasteiger charge is 2.09. The van der Waals surface area contributed by atoms with Gasteiger partial charge in [0.05, 0.1) is 11.0 Å². The maximum Gasteiger partial charge on any atom is 0.115 e. The molecule has 0 aliphatic rings. The Morgan fingerprint density at radius 3 is 2.42 bits per heavy atom. The zero-order valence-corrected chi connectivity index (χ0v) is 10.1. The predicted molar refractivity (Wildman–Crippen MR) is 74.2 cm³/mol. The van der Waals surface area contributed by atoms with Gasteiger partial charge in [-0.1, -0.05) is 18.2 Å². The SMILES string of the molecule is c1ccc(-n2cnc3ccc4nccnc4c32)cc1. The Bertz CT molecular complexity index is 865. The van der Waals surface area contributed by atoms with Crippen LogP contribution in [0.15, 0.2) is 61.2 Å². The van der Waals surface area contributed by atoms with Crippen LogP contribution in [0.3, 0.4) is 0 Å². The van der Waals surface area contributed by atoms with Gasteiger partial charge in [0.2, 0.25) is 0 Å². The third-order valence-corrected chi connectivity index (χ3v) is 3.18. The van der Waals surface area contributed by atoms with Gasteiger partial charge in [0.25, 0.3) is 0 Å². The molecule has 2 aromatic heterocycles. The van der Waals surface area contributed by atoms with E-state index in [-0.39, 0.29) is 0 Å². The van der Waals surface area contributed by atoms with Crippen molar-refractivity contribution >= 4 is 22.1 Å². The lowest BCUT2D eigenvalue weighted by molar-refractivity contribution is 1.09. The van der Waals surface area contributed by atoms with E-state index in [0.717, 1.165) is 27.8 Å². The quantitative estimate of drug-likeness (QED) is 0.518. The molecule has 0 N–H and O–H groups in total. The summed E-state index contributed by atoms with van der Waals surface area (Å²) >= 11 is 0. The standard InChI is InChI=1S/C15H10N4/c1-2-4-11(5-3-1)19-10-18-13-7-6-12-14(15(13)19)17-9-8-16-12/h1-10H. The summed E-state index contributed by atoms with van der Waals surface area (Å²) in [5.74, 6) is 0. The van der Waals surface area contributed by atoms with Gasteiger partial charge in [-0.15, -0.1) is 0 Å². The highest BCUT2D eigenvalue weighted by molar-refractivity contribution is 6.00. The molecular weight excluding hydrogens is 236 g/mol. The minimum absolute atomic E-state index is 0.876. The highest BCUT2D eigenvalue weighted by atomic mass is 15.1. The molecule has 0 saturated heterocycles. The first kappa shape index (κ1) is 10.2. The van der Waals surface area contributed by atoms with Gasteiger partial charge in [0.15, 0.2) is 0 Å². The van der Waals surface area contributed by atoms with E-state index >= 15 is 0 Å². The normalized spacial score (nSPS) is 11.2. The molecule has 0 radical (unpaired) electrons. The number of rotatable bonds is 1. The molecular formula is C15H10N4. The fourth-order valence-corrected chi connectivity index (χ4v) is 2.32. The summed E-state index contributed by atoms with van der Waals surface area (Å²) in [6.07, 6.45) is 5.25. The Morgan fingerprint density at radius 1 is 0.737 bits per heavy atom. The molecule has 0 aliphatic carbocycles. The number of hydrogen-bond acceptors (Lipinski definition) is 3. The summed E-state index contributed by atoms with van der Waals surface area (Å²) in [6.45, 7) is 0. The van der Waals surface area contributed by atoms with E-state index in [4.69, 9.17) is 0 Å². The van der Waals surface area contributed by atoms with E-state index < -0.39 is 0 Å². The molecule has 4 heteroatoms. The maximum absolute atomic E-state index is 4.44. The Morgan fingerprint density at radius 2 is 1.53 bits per heavy atom. The third kappa shape index (κ3) is 1.50. The van der Waals surface area contributed by atoms with Crippen molar-refractivity contribution < 1.29 is 0 Å². The van der Waals surface area contributed by atoms with Crippen molar-refractivity contribution in [3.63, 3.8) is 0 Å². The molecule has 19 heavy (non-hydrogen) atoms. The van der Waals surface area contributed by atoms with Crippen molar-refractivity contribution in [3.8, 4) is 5.69 Å². The van der Waals surface area contributed by atoms with E-state index in [2.05, 4.69) is 27.1 Å². The van der Waals surface area contributed by atoms with Crippen LogP contribution in [0, 0.1) is 0 Å². The first-order chi connectivity index (χ1) is 9.43. The summed E-state index contributed by atoms with van der Waals surface area (Å²) in [7, 11) is 0. The number of hydrogen-bond donors (Lipinski definition) is 0. The molecule has 4 aromatic rings. The topological polar surface area (TPSA) is 43.6 Å². The van der Waals surface area contributed by atoms with E-state index in [0.29, 0.717) is 0 Å². The fourth-order valence-electron chi connectivity index (χ4n) is 2.32. The van der Waals surface area contributed by atoms with Crippen LogP contribution in [0.25, 0.3) is 27.8 Å². The molecule has 4 nitrogen and oxygen atoms in total. The van der Waals surface area contributed by atoms with Crippen molar-refractivity contribution in [2.45, 2.75) is 0 Å². The smallest absolute Gasteiger partial charge is 0.115 e. The molecule has 90 valence electrons. The van der Waals surface area contributed by atoms with Crippen LogP contribution in [0.1, 0.15) is 0 Å². The molecule has 0 saturated carbocycles. The highest BCUT2D eigenvalue weighted by Crippen LogP contribution is 2.24. The summed E-state index contributed by atoms with van der Waals surface area (Å²) in [4.78, 5) is 13.2. The lowest BCUT2D eigenvalue weighted by Crippen LogP contribution is -1.93. The summed E-state index contributed by atoms with van der Waals surface area (Å²) in [5.41, 5.74) is 4.76. The number of imidazole rings is 1. The van der Waals surface area contributed by atoms with Gasteiger partial charge in [0.1, 0.15) is 17.4 Å². The average Bonchev–Trinajstić information content (AvgIpc) is 2.92. The van der Waals surface area contributed by atoms with E-state index in [1.165, 1.54) is 0 Å². The van der Waals surface area contributed by atoms with Gasteiger partial charge < -0.3 is 0 Å². The van der Waals surface area contributed by atoms with Crippen LogP contribution >= 0.6 is 0 Å². The minimum atomic E-state index is 0.876. The number of para-hydroxylation sites is 1. The van der Waals surface area contributed by atoms with Crippen molar-refractivity contribution in [1.29, 1.82) is 0 Å². The second-order valence-corrected chi connectivity index (χ2v) is 4.31. The van der Waals surface area contributed by atoms with Crippen LogP contribution in [-0.2, 0) is 0 Å². The Balaban J connectivity index is 2.15. The summed E-state index contributed by atoms with van der Waals surface area (Å²) in [6, 6.07) is 14.1. The van der Waals surface area contributed by atoms with Crippen molar-refractivity contribution in [2.75, 3.05) is 0 Å². The molecule has 0 unspecified atom stereocenters. The van der Waals surface area contributed by atoms with Gasteiger partial charge >= 0.3 is 0 Å². The predicted octanol–water partition coefficient (Wildman–Crippen LogP) is 2.97. The Labute approximate surface area is 109 Å². The van der Waals surface area contributed by atoms with Crippen molar-refractivity contribution in [3.05, 3.63) is 61.2 Å². The number of fused-ring (bicyclic) bond motifs is 3. The second-order valence-electron chi connectivity index (χ2n) is 4.31. The number of nitrogens with zero attached hydrogens (tertiary/aromatic N) is 4. The first-order valence-corrected chi connectivity index (χ1v) is 6.06. The molecule has 0 spiro atoms. The zero-order valence-electron chi connectivity index (χ0n) is 10.1. The van der Waals surface area contributed by atoms with Gasteiger partial charge in [-0.05, 0) is 24.3 Å². The minimum Gasteiger partial charge on any atom is -0.297 e. The molecule has 2 heterocycles. The molecule has 2 aromatic carbocycles. The monoisotopic (exact) mass is 246 g/mol. The van der Waals surface area contributed by atoms with Crippen LogP contribution < -0.4 is 0 Å². The van der Waals surface area contributed by atoms with Gasteiger partial charge in [-0.2, -0.15) is 0 Å². The zero-order chi connectivity index (χ0) is 12.7. The second kappa shape index (κ2) is 3.88. The Hall–Kier alpha value is -2.75. The van der Waals surface area contributed by atoms with Crippen molar-refractivity contribution in [2.24, 2.45) is 0 Å². The molecule has 4 rings (SSSR count). The largest absolute Gasteiger partial charge is 0.297 e. The lowest BCUT2D eigenvalue weighted by atomic mass is 10.2. The number of benzene rings is 2. The van der Waals surface area contributed by atoms with Gasteiger partial charge in [-0.25, -0.2) is 4.98 Å². The molecule has 0 amide bonds. The molecule has 0 fully saturated rings. The average molecular weight is 246 g/mol. The third-order valence-electron chi connectivity index (χ3n) is 3.18. The first-order valence-electron chi connectivity index (χ1n) is 6.06. The fraction of sp³-hybridized carbons (Fsp3) is 0. The van der Waals surface area contributed by atoms with E-state index in [1.54, 1.807) is 12.4 Å². The molecule has 0 atom stereocenters. The Kier molecular flexibility index (Phi) is 2.08.